The van der Waals surface area contributed by atoms with Crippen molar-refractivity contribution >= 4 is 46.4 Å². The van der Waals surface area contributed by atoms with E-state index in [1.54, 1.807) is 12.1 Å². The fourth-order valence-electron chi connectivity index (χ4n) is 1.72. The maximum Gasteiger partial charge on any atom is 0.170 e. The second-order valence-corrected chi connectivity index (χ2v) is 6.52. The number of thioether (sulfide) groups is 1. The van der Waals surface area contributed by atoms with Crippen LogP contribution in [0.2, 0.25) is 5.02 Å². The number of rotatable bonds is 6. The molecule has 0 unspecified atom stereocenters. The molecule has 0 aliphatic heterocycles. The third-order valence-corrected chi connectivity index (χ3v) is 4.34. The number of thiocarbonyl (C=S) groups is 1. The van der Waals surface area contributed by atoms with Gasteiger partial charge < -0.3 is 10.6 Å². The molecule has 0 aliphatic rings. The van der Waals surface area contributed by atoms with E-state index in [1.807, 2.05) is 36.0 Å². The van der Waals surface area contributed by atoms with Crippen molar-refractivity contribution in [2.45, 2.75) is 5.75 Å². The third kappa shape index (κ3) is 6.22. The molecule has 2 aromatic rings. The lowest BCUT2D eigenvalue weighted by Gasteiger charge is -2.10. The minimum Gasteiger partial charge on any atom is -0.362 e. The van der Waals surface area contributed by atoms with Crippen LogP contribution in [-0.2, 0) is 5.75 Å². The van der Waals surface area contributed by atoms with Crippen LogP contribution in [0.4, 0.5) is 10.1 Å². The molecule has 0 aromatic heterocycles. The van der Waals surface area contributed by atoms with Gasteiger partial charge in [-0.2, -0.15) is 11.8 Å². The zero-order chi connectivity index (χ0) is 15.8. The van der Waals surface area contributed by atoms with Gasteiger partial charge in [0.05, 0.1) is 0 Å². The summed E-state index contributed by atoms with van der Waals surface area (Å²) in [5, 5.41) is 7.44. The smallest absolute Gasteiger partial charge is 0.170 e. The number of nitrogens with one attached hydrogen (secondary N) is 2. The molecule has 0 bridgehead atoms. The fraction of sp³-hybridized carbons (Fsp3) is 0.188. The monoisotopic (exact) mass is 354 g/mol. The van der Waals surface area contributed by atoms with E-state index in [9.17, 15) is 4.39 Å². The highest BCUT2D eigenvalue weighted by Gasteiger charge is 1.98. The Hall–Kier alpha value is -1.30. The Morgan fingerprint density at radius 3 is 2.45 bits per heavy atom. The zero-order valence-electron chi connectivity index (χ0n) is 11.8. The van der Waals surface area contributed by atoms with Crippen LogP contribution in [0, 0.1) is 5.82 Å². The largest absolute Gasteiger partial charge is 0.362 e. The second-order valence-electron chi connectivity index (χ2n) is 4.57. The Bertz CT molecular complexity index is 603. The number of hydrogen-bond acceptors (Lipinski definition) is 2. The van der Waals surface area contributed by atoms with E-state index in [0.717, 1.165) is 28.8 Å². The van der Waals surface area contributed by atoms with Gasteiger partial charge in [-0.05, 0) is 54.2 Å². The number of halogens is 2. The van der Waals surface area contributed by atoms with E-state index in [-0.39, 0.29) is 5.82 Å². The van der Waals surface area contributed by atoms with Crippen LogP contribution in [0.3, 0.4) is 0 Å². The lowest BCUT2D eigenvalue weighted by molar-refractivity contribution is 0.628. The lowest BCUT2D eigenvalue weighted by Crippen LogP contribution is -2.30. The van der Waals surface area contributed by atoms with Crippen molar-refractivity contribution in [3.63, 3.8) is 0 Å². The van der Waals surface area contributed by atoms with Crippen molar-refractivity contribution < 1.29 is 4.39 Å². The van der Waals surface area contributed by atoms with E-state index in [0.29, 0.717) is 5.11 Å². The molecule has 0 atom stereocenters. The Kier molecular flexibility index (Phi) is 6.96. The van der Waals surface area contributed by atoms with Gasteiger partial charge in [-0.3, -0.25) is 0 Å². The van der Waals surface area contributed by atoms with Gasteiger partial charge in [0.1, 0.15) is 5.82 Å². The maximum absolute atomic E-state index is 12.8. The van der Waals surface area contributed by atoms with Crippen LogP contribution in [-0.4, -0.2) is 17.4 Å². The van der Waals surface area contributed by atoms with Gasteiger partial charge in [-0.25, -0.2) is 4.39 Å². The summed E-state index contributed by atoms with van der Waals surface area (Å²) in [5.74, 6) is 1.62. The highest BCUT2D eigenvalue weighted by molar-refractivity contribution is 7.98. The molecular weight excluding hydrogens is 339 g/mol. The van der Waals surface area contributed by atoms with Crippen molar-refractivity contribution in [1.82, 2.24) is 5.32 Å². The first-order valence-electron chi connectivity index (χ1n) is 6.76. The minimum atomic E-state index is -0.261. The van der Waals surface area contributed by atoms with Crippen LogP contribution in [0.25, 0.3) is 0 Å². The van der Waals surface area contributed by atoms with Crippen LogP contribution in [0.1, 0.15) is 5.56 Å². The van der Waals surface area contributed by atoms with Crippen LogP contribution in [0.15, 0.2) is 48.5 Å². The van der Waals surface area contributed by atoms with Crippen molar-refractivity contribution in [2.24, 2.45) is 0 Å². The van der Waals surface area contributed by atoms with E-state index in [4.69, 9.17) is 23.8 Å². The molecule has 0 saturated carbocycles. The SMILES string of the molecule is Fc1ccc(NC(=S)NCCSCc2ccc(Cl)cc2)cc1. The van der Waals surface area contributed by atoms with Gasteiger partial charge in [0.15, 0.2) is 5.11 Å². The molecule has 0 heterocycles. The normalized spacial score (nSPS) is 10.3. The highest BCUT2D eigenvalue weighted by atomic mass is 35.5. The van der Waals surface area contributed by atoms with E-state index >= 15 is 0 Å². The van der Waals surface area contributed by atoms with Gasteiger partial charge in [-0.1, -0.05) is 23.7 Å². The highest BCUT2D eigenvalue weighted by Crippen LogP contribution is 2.15. The molecule has 116 valence electrons. The Labute approximate surface area is 144 Å². The van der Waals surface area contributed by atoms with Crippen molar-refractivity contribution in [3.8, 4) is 0 Å². The van der Waals surface area contributed by atoms with E-state index in [2.05, 4.69) is 10.6 Å². The summed E-state index contributed by atoms with van der Waals surface area (Å²) in [4.78, 5) is 0. The predicted octanol–water partition coefficient (Wildman–Crippen LogP) is 4.70. The van der Waals surface area contributed by atoms with Gasteiger partial charge in [-0.15, -0.1) is 0 Å². The molecule has 2 rings (SSSR count). The average molecular weight is 355 g/mol. The van der Waals surface area contributed by atoms with Gasteiger partial charge in [0, 0.05) is 28.8 Å². The van der Waals surface area contributed by atoms with Crippen LogP contribution >= 0.6 is 35.6 Å². The minimum absolute atomic E-state index is 0.261. The summed E-state index contributed by atoms with van der Waals surface area (Å²) in [6, 6.07) is 14.0. The van der Waals surface area contributed by atoms with E-state index in [1.165, 1.54) is 17.7 Å². The topological polar surface area (TPSA) is 24.1 Å². The summed E-state index contributed by atoms with van der Waals surface area (Å²) >= 11 is 12.9. The molecule has 2 N–H and O–H groups in total. The van der Waals surface area contributed by atoms with Crippen molar-refractivity contribution in [3.05, 3.63) is 64.9 Å². The maximum atomic E-state index is 12.8. The van der Waals surface area contributed by atoms with Crippen LogP contribution < -0.4 is 10.6 Å². The molecule has 2 nitrogen and oxygen atoms in total. The Balaban J connectivity index is 1.61. The molecule has 0 aliphatic carbocycles. The number of anilines is 1. The number of benzene rings is 2. The van der Waals surface area contributed by atoms with Gasteiger partial charge in [0.25, 0.3) is 0 Å². The molecule has 22 heavy (non-hydrogen) atoms. The quantitative estimate of drug-likeness (QED) is 0.580. The Morgan fingerprint density at radius 2 is 1.77 bits per heavy atom. The fourth-order valence-corrected chi connectivity index (χ4v) is 2.88. The summed E-state index contributed by atoms with van der Waals surface area (Å²) in [5.41, 5.74) is 2.02. The van der Waals surface area contributed by atoms with Gasteiger partial charge in [0.2, 0.25) is 0 Å². The molecule has 0 fully saturated rings. The lowest BCUT2D eigenvalue weighted by atomic mass is 10.2. The van der Waals surface area contributed by atoms with Crippen molar-refractivity contribution in [1.29, 1.82) is 0 Å². The summed E-state index contributed by atoms with van der Waals surface area (Å²) in [6.07, 6.45) is 0. The summed E-state index contributed by atoms with van der Waals surface area (Å²) < 4.78 is 12.8. The average Bonchev–Trinajstić information content (AvgIpc) is 2.51. The first kappa shape index (κ1) is 17.1. The second kappa shape index (κ2) is 8.98. The first-order chi connectivity index (χ1) is 10.6. The molecule has 0 radical (unpaired) electrons. The Morgan fingerprint density at radius 1 is 1.09 bits per heavy atom. The molecule has 0 spiro atoms. The summed E-state index contributed by atoms with van der Waals surface area (Å²) in [6.45, 7) is 0.769. The summed E-state index contributed by atoms with van der Waals surface area (Å²) in [7, 11) is 0. The standard InChI is InChI=1S/C16H16ClFN2S2/c17-13-3-1-12(2-4-13)11-22-10-9-19-16(21)20-15-7-5-14(18)6-8-15/h1-8H,9-11H2,(H2,19,20,21). The zero-order valence-corrected chi connectivity index (χ0v) is 14.2. The number of hydrogen-bond donors (Lipinski definition) is 2. The van der Waals surface area contributed by atoms with Crippen LogP contribution in [0.5, 0.6) is 0 Å². The first-order valence-corrected chi connectivity index (χ1v) is 8.70. The molecule has 6 heteroatoms. The predicted molar refractivity (Wildman–Crippen MR) is 98.2 cm³/mol. The van der Waals surface area contributed by atoms with E-state index < -0.39 is 0 Å². The third-order valence-electron chi connectivity index (χ3n) is 2.82. The molecule has 0 amide bonds. The molecular formula is C16H16ClFN2S2. The molecule has 0 saturated heterocycles. The van der Waals surface area contributed by atoms with Crippen molar-refractivity contribution in [2.75, 3.05) is 17.6 Å². The van der Waals surface area contributed by atoms with Gasteiger partial charge >= 0.3 is 0 Å². The molecule has 2 aromatic carbocycles.